The molecule has 0 aromatic rings. The molecule has 1 amide bonds. The van der Waals surface area contributed by atoms with Crippen molar-refractivity contribution < 1.29 is 24.5 Å². The van der Waals surface area contributed by atoms with Crippen molar-refractivity contribution in [1.82, 2.24) is 5.32 Å². The van der Waals surface area contributed by atoms with E-state index in [1.165, 1.54) is 154 Å². The van der Waals surface area contributed by atoms with E-state index in [0.717, 1.165) is 83.5 Å². The lowest BCUT2D eigenvalue weighted by Crippen LogP contribution is -2.46. The summed E-state index contributed by atoms with van der Waals surface area (Å²) in [7, 11) is 0. The number of aliphatic hydroxyl groups excluding tert-OH is 2. The summed E-state index contributed by atoms with van der Waals surface area (Å²) in [4.78, 5) is 26.2. The Morgan fingerprint density at radius 3 is 1.32 bits per heavy atom. The minimum Gasteiger partial charge on any atom is -0.462 e. The summed E-state index contributed by atoms with van der Waals surface area (Å²) < 4.78 is 5.93. The molecule has 0 aliphatic carbocycles. The molecule has 0 saturated heterocycles. The molecule has 62 heavy (non-hydrogen) atoms. The average molecular weight is 872 g/mol. The van der Waals surface area contributed by atoms with E-state index in [1.54, 1.807) is 0 Å². The normalized spacial score (nSPS) is 13.4. The SMILES string of the molecule is CC/C=C/C/C=C/C/C=C/CCCCCCC(CC(=O)NC(CO)C(O)CCCCCCCCCCCCCCCCCC)OC(=O)CCCCCCCCCCCCCCC. The highest BCUT2D eigenvalue weighted by Gasteiger charge is 2.24. The van der Waals surface area contributed by atoms with Crippen molar-refractivity contribution in [3.63, 3.8) is 0 Å². The molecule has 0 radical (unpaired) electrons. The maximum atomic E-state index is 13.2. The molecule has 0 aromatic heterocycles. The number of carbonyl (C=O) groups is 2. The monoisotopic (exact) mass is 872 g/mol. The molecular formula is C56H105NO5. The topological polar surface area (TPSA) is 95.9 Å². The van der Waals surface area contributed by atoms with Gasteiger partial charge in [0.15, 0.2) is 0 Å². The number of hydrogen-bond donors (Lipinski definition) is 3. The van der Waals surface area contributed by atoms with Crippen molar-refractivity contribution in [3.05, 3.63) is 36.5 Å². The molecule has 0 heterocycles. The number of ether oxygens (including phenoxy) is 1. The van der Waals surface area contributed by atoms with Gasteiger partial charge in [0, 0.05) is 6.42 Å². The van der Waals surface area contributed by atoms with Crippen LogP contribution >= 0.6 is 0 Å². The number of carbonyl (C=O) groups excluding carboxylic acids is 2. The first-order valence-corrected chi connectivity index (χ1v) is 27.2. The van der Waals surface area contributed by atoms with E-state index in [2.05, 4.69) is 62.5 Å². The third kappa shape index (κ3) is 44.7. The van der Waals surface area contributed by atoms with E-state index in [4.69, 9.17) is 4.74 Å². The van der Waals surface area contributed by atoms with Gasteiger partial charge < -0.3 is 20.3 Å². The van der Waals surface area contributed by atoms with Crippen LogP contribution in [0.1, 0.15) is 284 Å². The zero-order valence-electron chi connectivity index (χ0n) is 41.5. The number of hydrogen-bond acceptors (Lipinski definition) is 5. The van der Waals surface area contributed by atoms with Gasteiger partial charge in [0.2, 0.25) is 5.91 Å². The van der Waals surface area contributed by atoms with Crippen LogP contribution < -0.4 is 5.32 Å². The minimum absolute atomic E-state index is 0.0666. The number of rotatable bonds is 49. The van der Waals surface area contributed by atoms with Gasteiger partial charge in [-0.25, -0.2) is 0 Å². The highest BCUT2D eigenvalue weighted by atomic mass is 16.5. The fourth-order valence-corrected chi connectivity index (χ4v) is 8.39. The third-order valence-electron chi connectivity index (χ3n) is 12.5. The Balaban J connectivity index is 4.54. The largest absolute Gasteiger partial charge is 0.462 e. The van der Waals surface area contributed by atoms with Crippen LogP contribution in [-0.2, 0) is 14.3 Å². The maximum absolute atomic E-state index is 13.2. The van der Waals surface area contributed by atoms with Crippen LogP contribution in [0.25, 0.3) is 0 Å². The predicted molar refractivity (Wildman–Crippen MR) is 269 cm³/mol. The molecule has 0 aromatic carbocycles. The number of aliphatic hydroxyl groups is 2. The zero-order valence-corrected chi connectivity index (χ0v) is 41.5. The van der Waals surface area contributed by atoms with E-state index >= 15 is 0 Å². The second-order valence-corrected chi connectivity index (χ2v) is 18.6. The average Bonchev–Trinajstić information content (AvgIpc) is 3.26. The van der Waals surface area contributed by atoms with E-state index in [9.17, 15) is 19.8 Å². The summed E-state index contributed by atoms with van der Waals surface area (Å²) in [5.41, 5.74) is 0. The molecule has 0 bridgehead atoms. The van der Waals surface area contributed by atoms with Gasteiger partial charge in [-0.3, -0.25) is 9.59 Å². The first-order valence-electron chi connectivity index (χ1n) is 27.2. The second-order valence-electron chi connectivity index (χ2n) is 18.6. The fourth-order valence-electron chi connectivity index (χ4n) is 8.39. The van der Waals surface area contributed by atoms with Gasteiger partial charge in [-0.1, -0.05) is 250 Å². The van der Waals surface area contributed by atoms with Crippen molar-refractivity contribution in [2.45, 2.75) is 302 Å². The van der Waals surface area contributed by atoms with Gasteiger partial charge in [-0.2, -0.15) is 0 Å². The van der Waals surface area contributed by atoms with Gasteiger partial charge in [-0.15, -0.1) is 0 Å². The number of nitrogens with one attached hydrogen (secondary N) is 1. The van der Waals surface area contributed by atoms with Crippen LogP contribution in [0.3, 0.4) is 0 Å². The Morgan fingerprint density at radius 2 is 0.871 bits per heavy atom. The molecule has 0 fully saturated rings. The molecule has 3 unspecified atom stereocenters. The molecule has 0 aliphatic heterocycles. The van der Waals surface area contributed by atoms with E-state index in [0.29, 0.717) is 19.3 Å². The van der Waals surface area contributed by atoms with Crippen LogP contribution in [0.2, 0.25) is 0 Å². The Hall–Kier alpha value is -1.92. The standard InChI is InChI=1S/C56H105NO5/c1-4-7-10-13-16-19-22-25-27-28-31-33-36-39-42-45-48-54(59)53(51-58)57-55(60)50-52(47-44-41-38-35-32-30-26-23-20-17-14-11-8-5-2)62-56(61)49-46-43-40-37-34-29-24-21-18-15-12-9-6-3/h8,11,17,20,26,30,52-54,58-59H,4-7,9-10,12-16,18-19,21-25,27-29,31-51H2,1-3H3,(H,57,60)/b11-8+,20-17+,30-26+. The summed E-state index contributed by atoms with van der Waals surface area (Å²) in [6.45, 7) is 6.39. The van der Waals surface area contributed by atoms with Gasteiger partial charge in [-0.05, 0) is 57.8 Å². The van der Waals surface area contributed by atoms with Crippen LogP contribution in [-0.4, -0.2) is 46.9 Å². The minimum atomic E-state index is -0.792. The number of amides is 1. The van der Waals surface area contributed by atoms with Gasteiger partial charge in [0.05, 0.1) is 25.2 Å². The summed E-state index contributed by atoms with van der Waals surface area (Å²) >= 11 is 0. The lowest BCUT2D eigenvalue weighted by molar-refractivity contribution is -0.151. The highest BCUT2D eigenvalue weighted by Crippen LogP contribution is 2.18. The van der Waals surface area contributed by atoms with Crippen molar-refractivity contribution in [1.29, 1.82) is 0 Å². The number of allylic oxidation sites excluding steroid dienone is 6. The van der Waals surface area contributed by atoms with Crippen LogP contribution in [0.4, 0.5) is 0 Å². The van der Waals surface area contributed by atoms with Crippen LogP contribution in [0, 0.1) is 0 Å². The first-order chi connectivity index (χ1) is 30.5. The maximum Gasteiger partial charge on any atom is 0.306 e. The van der Waals surface area contributed by atoms with Crippen molar-refractivity contribution in [2.75, 3.05) is 6.61 Å². The molecule has 3 N–H and O–H groups in total. The highest BCUT2D eigenvalue weighted by molar-refractivity contribution is 5.77. The lowest BCUT2D eigenvalue weighted by Gasteiger charge is -2.24. The Labute approximate surface area is 385 Å². The Morgan fingerprint density at radius 1 is 0.484 bits per heavy atom. The van der Waals surface area contributed by atoms with E-state index in [1.807, 2.05) is 0 Å². The molecule has 6 heteroatoms. The molecule has 0 aliphatic rings. The summed E-state index contributed by atoms with van der Waals surface area (Å²) in [5.74, 6) is -0.483. The Bertz CT molecular complexity index is 1020. The first kappa shape index (κ1) is 60.1. The third-order valence-corrected chi connectivity index (χ3v) is 12.5. The summed E-state index contributed by atoms with van der Waals surface area (Å²) in [6.07, 6.45) is 59.2. The molecular weight excluding hydrogens is 767 g/mol. The summed E-state index contributed by atoms with van der Waals surface area (Å²) in [6, 6.07) is -0.706. The van der Waals surface area contributed by atoms with E-state index in [-0.39, 0.29) is 24.9 Å². The van der Waals surface area contributed by atoms with Gasteiger partial charge in [0.25, 0.3) is 0 Å². The number of unbranched alkanes of at least 4 members (excludes halogenated alkanes) is 31. The molecule has 0 rings (SSSR count). The van der Waals surface area contributed by atoms with Gasteiger partial charge >= 0.3 is 5.97 Å². The number of esters is 1. The molecule has 0 saturated carbocycles. The fraction of sp³-hybridized carbons (Fsp3) is 0.857. The summed E-state index contributed by atoms with van der Waals surface area (Å²) in [5, 5.41) is 23.8. The predicted octanol–water partition coefficient (Wildman–Crippen LogP) is 16.5. The Kier molecular flexibility index (Phi) is 48.5. The van der Waals surface area contributed by atoms with Crippen molar-refractivity contribution >= 4 is 11.9 Å². The van der Waals surface area contributed by atoms with Crippen molar-refractivity contribution in [2.24, 2.45) is 0 Å². The molecule has 6 nitrogen and oxygen atoms in total. The lowest BCUT2D eigenvalue weighted by atomic mass is 10.0. The smallest absolute Gasteiger partial charge is 0.306 e. The van der Waals surface area contributed by atoms with E-state index < -0.39 is 18.2 Å². The molecule has 3 atom stereocenters. The van der Waals surface area contributed by atoms with Crippen LogP contribution in [0.15, 0.2) is 36.5 Å². The molecule has 0 spiro atoms. The second kappa shape index (κ2) is 50.1. The van der Waals surface area contributed by atoms with Crippen LogP contribution in [0.5, 0.6) is 0 Å². The quantitative estimate of drug-likeness (QED) is 0.0321. The molecule has 364 valence electrons. The van der Waals surface area contributed by atoms with Gasteiger partial charge in [0.1, 0.15) is 6.10 Å². The zero-order chi connectivity index (χ0) is 45.2. The van der Waals surface area contributed by atoms with Crippen molar-refractivity contribution in [3.8, 4) is 0 Å².